The lowest BCUT2D eigenvalue weighted by atomic mass is 9.98. The van der Waals surface area contributed by atoms with Crippen LogP contribution in [0.15, 0.2) is 57.3 Å². The van der Waals surface area contributed by atoms with Crippen molar-refractivity contribution >= 4 is 27.6 Å². The molecule has 1 amide bonds. The summed E-state index contributed by atoms with van der Waals surface area (Å²) in [6.45, 7) is 2.48. The smallest absolute Gasteiger partial charge is 0.292 e. The summed E-state index contributed by atoms with van der Waals surface area (Å²) < 4.78 is 23.1. The summed E-state index contributed by atoms with van der Waals surface area (Å²) in [7, 11) is 2.00. The first-order valence-corrected chi connectivity index (χ1v) is 10.9. The highest BCUT2D eigenvalue weighted by Gasteiger charge is 2.36. The van der Waals surface area contributed by atoms with Crippen LogP contribution in [0.25, 0.3) is 0 Å². The second-order valence-corrected chi connectivity index (χ2v) is 7.88. The molecule has 3 atom stereocenters. The van der Waals surface area contributed by atoms with Crippen LogP contribution in [0, 0.1) is 0 Å². The van der Waals surface area contributed by atoms with E-state index in [0.717, 1.165) is 35.6 Å². The third-order valence-electron chi connectivity index (χ3n) is 5.42. The number of hydrogen-bond donors (Lipinski definition) is 1. The molecule has 4 heterocycles. The quantitative estimate of drug-likeness (QED) is 0.654. The van der Waals surface area contributed by atoms with Crippen LogP contribution >= 0.6 is 9.24 Å². The maximum absolute atomic E-state index is 13.9. The maximum Gasteiger partial charge on any atom is 0.292 e. The first-order chi connectivity index (χ1) is 15.0. The minimum atomic E-state index is -1.49. The Hall–Kier alpha value is -2.71. The van der Waals surface area contributed by atoms with Crippen LogP contribution in [-0.4, -0.2) is 37.3 Å². The van der Waals surface area contributed by atoms with E-state index in [1.165, 1.54) is 0 Å². The highest BCUT2D eigenvalue weighted by atomic mass is 32.1. The molecular formula is C20H22FN6O2PS. The van der Waals surface area contributed by atoms with E-state index < -0.39 is 11.8 Å². The molecule has 0 fully saturated rings. The molecule has 8 nitrogen and oxygen atoms in total. The number of amides is 1. The number of rotatable bonds is 6. The van der Waals surface area contributed by atoms with Crippen LogP contribution < -0.4 is 0 Å². The number of hydrogen-bond acceptors (Lipinski definition) is 6. The topological polar surface area (TPSA) is 90.6 Å². The standard InChI is InChI=1S/C20H22FN6O2PS/c1-2-12-4-3-5-13(27(12)25-31)6-7-15-16-14(22-10-23-16)8-9-26(15)20(28)18-17(19(21)30)24-11-29-18/h3-6,10-11,15,19H,2,7-9,30H2,1H3,(H,22,23)/b13-6-/t15-,19?/m0/s1. The lowest BCUT2D eigenvalue weighted by Gasteiger charge is -2.34. The monoisotopic (exact) mass is 460 g/mol. The second kappa shape index (κ2) is 9.20. The van der Waals surface area contributed by atoms with Crippen molar-refractivity contribution in [1.82, 2.24) is 24.9 Å². The average molecular weight is 460 g/mol. The number of halogens is 1. The Labute approximate surface area is 186 Å². The summed E-state index contributed by atoms with van der Waals surface area (Å²) in [6.07, 6.45) is 12.4. The first-order valence-electron chi connectivity index (χ1n) is 9.92. The lowest BCUT2D eigenvalue weighted by molar-refractivity contribution is 0.0621. The molecule has 2 aliphatic heterocycles. The Kier molecular flexibility index (Phi) is 6.38. The molecule has 2 unspecified atom stereocenters. The minimum Gasteiger partial charge on any atom is -0.438 e. The predicted molar refractivity (Wildman–Crippen MR) is 118 cm³/mol. The number of carbonyl (C=O) groups is 1. The fraction of sp³-hybridized carbons (Fsp3) is 0.350. The molecule has 0 aliphatic carbocycles. The number of allylic oxidation sites excluding steroid dienone is 4. The molecule has 0 aromatic carbocycles. The summed E-state index contributed by atoms with van der Waals surface area (Å²) in [6, 6.07) is -0.355. The van der Waals surface area contributed by atoms with Gasteiger partial charge in [-0.15, -0.1) is 0 Å². The van der Waals surface area contributed by atoms with Crippen molar-refractivity contribution in [2.75, 3.05) is 6.54 Å². The van der Waals surface area contributed by atoms with Crippen molar-refractivity contribution in [3.63, 3.8) is 0 Å². The minimum absolute atomic E-state index is 0.0241. The molecule has 11 heteroatoms. The van der Waals surface area contributed by atoms with Crippen LogP contribution in [-0.2, 0) is 18.8 Å². The normalized spacial score (nSPS) is 20.5. The number of imidazole rings is 1. The number of carbonyl (C=O) groups excluding carboxylic acids is 1. The SMILES string of the molecule is CCC1=CC=C/C(=C/C[C@H]2c3nc[nH]c3CCN2C(=O)c2ocnc2C(F)P)N1N=S. The molecule has 4 rings (SSSR count). The number of nitrogens with one attached hydrogen (secondary N) is 1. The van der Waals surface area contributed by atoms with Crippen LogP contribution in [0.5, 0.6) is 0 Å². The number of aromatic amines is 1. The van der Waals surface area contributed by atoms with Gasteiger partial charge in [0.2, 0.25) is 5.76 Å². The van der Waals surface area contributed by atoms with E-state index in [2.05, 4.69) is 19.4 Å². The van der Waals surface area contributed by atoms with Gasteiger partial charge in [-0.2, -0.15) is 0 Å². The average Bonchev–Trinajstić information content (AvgIpc) is 3.46. The number of H-pyrrole nitrogens is 1. The zero-order chi connectivity index (χ0) is 22.0. The molecule has 1 N–H and O–H groups in total. The molecular weight excluding hydrogens is 438 g/mol. The van der Waals surface area contributed by atoms with Crippen LogP contribution in [0.2, 0.25) is 0 Å². The Balaban J connectivity index is 1.65. The highest BCUT2D eigenvalue weighted by molar-refractivity contribution is 7.47. The summed E-state index contributed by atoms with van der Waals surface area (Å²) in [5.74, 6) is -1.99. The Morgan fingerprint density at radius 3 is 3.13 bits per heavy atom. The van der Waals surface area contributed by atoms with Crippen molar-refractivity contribution in [1.29, 1.82) is 0 Å². The highest BCUT2D eigenvalue weighted by Crippen LogP contribution is 2.35. The molecule has 2 aromatic rings. The molecule has 162 valence electrons. The van der Waals surface area contributed by atoms with Crippen molar-refractivity contribution in [3.8, 4) is 0 Å². The van der Waals surface area contributed by atoms with E-state index >= 15 is 0 Å². The molecule has 0 saturated heterocycles. The fourth-order valence-electron chi connectivity index (χ4n) is 3.90. The molecule has 2 aliphatic rings. The number of nitrogens with zero attached hydrogens (tertiary/aromatic N) is 5. The predicted octanol–water partition coefficient (Wildman–Crippen LogP) is 4.07. The zero-order valence-corrected chi connectivity index (χ0v) is 18.8. The van der Waals surface area contributed by atoms with Crippen molar-refractivity contribution in [2.24, 2.45) is 4.47 Å². The van der Waals surface area contributed by atoms with E-state index in [4.69, 9.17) is 16.8 Å². The van der Waals surface area contributed by atoms with Gasteiger partial charge in [0.15, 0.2) is 12.3 Å². The van der Waals surface area contributed by atoms with Gasteiger partial charge in [-0.1, -0.05) is 32.8 Å². The van der Waals surface area contributed by atoms with Gasteiger partial charge >= 0.3 is 0 Å². The Morgan fingerprint density at radius 1 is 1.55 bits per heavy atom. The van der Waals surface area contributed by atoms with Gasteiger partial charge < -0.3 is 14.3 Å². The van der Waals surface area contributed by atoms with Gasteiger partial charge in [-0.05, 0) is 25.0 Å². The lowest BCUT2D eigenvalue weighted by Crippen LogP contribution is -2.40. The van der Waals surface area contributed by atoms with Crippen LogP contribution in [0.1, 0.15) is 59.4 Å². The summed E-state index contributed by atoms with van der Waals surface area (Å²) in [5, 5.41) is 1.71. The fourth-order valence-corrected chi connectivity index (χ4v) is 4.33. The summed E-state index contributed by atoms with van der Waals surface area (Å²) in [4.78, 5) is 26.4. The summed E-state index contributed by atoms with van der Waals surface area (Å²) in [5.41, 5.74) is 3.56. The van der Waals surface area contributed by atoms with Gasteiger partial charge in [0.1, 0.15) is 5.69 Å². The number of oxazole rings is 1. The van der Waals surface area contributed by atoms with Crippen molar-refractivity contribution in [2.45, 2.75) is 38.1 Å². The van der Waals surface area contributed by atoms with Crippen molar-refractivity contribution in [3.05, 3.63) is 71.3 Å². The zero-order valence-electron chi connectivity index (χ0n) is 16.9. The maximum atomic E-state index is 13.9. The Morgan fingerprint density at radius 2 is 2.39 bits per heavy atom. The number of aromatic nitrogens is 3. The third kappa shape index (κ3) is 4.09. The van der Waals surface area contributed by atoms with E-state index in [-0.39, 0.29) is 17.5 Å². The molecule has 0 radical (unpaired) electrons. The van der Waals surface area contributed by atoms with Crippen LogP contribution in [0.4, 0.5) is 4.39 Å². The third-order valence-corrected chi connectivity index (χ3v) is 5.90. The largest absolute Gasteiger partial charge is 0.438 e. The molecule has 2 aromatic heterocycles. The first kappa shape index (κ1) is 21.5. The van der Waals surface area contributed by atoms with Gasteiger partial charge in [0.25, 0.3) is 5.91 Å². The molecule has 0 spiro atoms. The second-order valence-electron chi connectivity index (χ2n) is 7.13. The number of alkyl halides is 1. The van der Waals surface area contributed by atoms with E-state index in [0.29, 0.717) is 19.4 Å². The van der Waals surface area contributed by atoms with Crippen LogP contribution in [0.3, 0.4) is 0 Å². The van der Waals surface area contributed by atoms with E-state index in [1.54, 1.807) is 16.2 Å². The Bertz CT molecular complexity index is 1080. The molecule has 0 saturated carbocycles. The van der Waals surface area contributed by atoms with Crippen molar-refractivity contribution < 1.29 is 13.6 Å². The molecule has 0 bridgehead atoms. The van der Waals surface area contributed by atoms with E-state index in [1.807, 2.05) is 40.5 Å². The summed E-state index contributed by atoms with van der Waals surface area (Å²) >= 11 is 4.97. The van der Waals surface area contributed by atoms with Gasteiger partial charge in [-0.25, -0.2) is 19.4 Å². The molecule has 31 heavy (non-hydrogen) atoms. The van der Waals surface area contributed by atoms with Gasteiger partial charge in [0.05, 0.1) is 36.2 Å². The van der Waals surface area contributed by atoms with Gasteiger partial charge in [-0.3, -0.25) is 4.79 Å². The number of fused-ring (bicyclic) bond motifs is 1. The van der Waals surface area contributed by atoms with E-state index in [9.17, 15) is 9.18 Å². The van der Waals surface area contributed by atoms with Gasteiger partial charge in [0, 0.05) is 24.4 Å².